The lowest BCUT2D eigenvalue weighted by Gasteiger charge is -2.07. The Kier molecular flexibility index (Phi) is 4.12. The molecule has 0 saturated carbocycles. The molecule has 1 aromatic carbocycles. The first-order valence-electron chi connectivity index (χ1n) is 5.41. The number of aromatic nitrogens is 1. The quantitative estimate of drug-likeness (QED) is 0.921. The maximum atomic E-state index is 13.2. The first-order valence-corrected chi connectivity index (χ1v) is 5.79. The van der Waals surface area contributed by atoms with Crippen molar-refractivity contribution in [2.24, 2.45) is 0 Å². The van der Waals surface area contributed by atoms with E-state index in [-0.39, 0.29) is 5.02 Å². The van der Waals surface area contributed by atoms with Crippen LogP contribution in [0.1, 0.15) is 5.69 Å². The van der Waals surface area contributed by atoms with E-state index < -0.39 is 5.82 Å². The van der Waals surface area contributed by atoms with Crippen molar-refractivity contribution in [2.75, 3.05) is 7.05 Å². The van der Waals surface area contributed by atoms with Gasteiger partial charge in [-0.1, -0.05) is 11.6 Å². The number of ether oxygens (including phenoxy) is 1. The van der Waals surface area contributed by atoms with Crippen LogP contribution in [0.3, 0.4) is 0 Å². The molecule has 1 N–H and O–H groups in total. The van der Waals surface area contributed by atoms with Gasteiger partial charge < -0.3 is 10.1 Å². The number of pyridine rings is 1. The Bertz CT molecular complexity index is 548. The molecule has 0 unspecified atom stereocenters. The molecule has 5 heteroatoms. The molecule has 0 aliphatic heterocycles. The van der Waals surface area contributed by atoms with Crippen LogP contribution in [0.25, 0.3) is 0 Å². The summed E-state index contributed by atoms with van der Waals surface area (Å²) < 4.78 is 18.8. The van der Waals surface area contributed by atoms with Crippen LogP contribution in [-0.4, -0.2) is 12.0 Å². The Hall–Kier alpha value is -1.65. The fourth-order valence-electron chi connectivity index (χ4n) is 1.47. The van der Waals surface area contributed by atoms with Crippen LogP contribution in [-0.2, 0) is 6.54 Å². The molecule has 2 aromatic rings. The molecule has 1 heterocycles. The number of hydrogen-bond donors (Lipinski definition) is 1. The molecule has 0 fully saturated rings. The van der Waals surface area contributed by atoms with E-state index in [0.717, 1.165) is 5.69 Å². The van der Waals surface area contributed by atoms with E-state index >= 15 is 0 Å². The molecule has 2 rings (SSSR count). The minimum atomic E-state index is -0.501. The van der Waals surface area contributed by atoms with E-state index in [1.165, 1.54) is 12.1 Å². The second kappa shape index (κ2) is 5.80. The van der Waals surface area contributed by atoms with E-state index in [0.29, 0.717) is 18.0 Å². The number of rotatable bonds is 4. The SMILES string of the molecule is CNCc1cc(Oc2ccc(Cl)c(F)c2)ccn1. The lowest BCUT2D eigenvalue weighted by atomic mass is 10.3. The highest BCUT2D eigenvalue weighted by Gasteiger charge is 2.04. The lowest BCUT2D eigenvalue weighted by molar-refractivity contribution is 0.475. The van der Waals surface area contributed by atoms with Crippen molar-refractivity contribution in [3.05, 3.63) is 53.1 Å². The Labute approximate surface area is 110 Å². The summed E-state index contributed by atoms with van der Waals surface area (Å²) in [5, 5.41) is 3.07. The Morgan fingerprint density at radius 2 is 2.06 bits per heavy atom. The lowest BCUT2D eigenvalue weighted by Crippen LogP contribution is -2.06. The van der Waals surface area contributed by atoms with Crippen molar-refractivity contribution in [1.29, 1.82) is 0 Å². The third kappa shape index (κ3) is 3.18. The third-order valence-electron chi connectivity index (χ3n) is 2.27. The first-order chi connectivity index (χ1) is 8.69. The van der Waals surface area contributed by atoms with Gasteiger partial charge in [0.15, 0.2) is 0 Å². The summed E-state index contributed by atoms with van der Waals surface area (Å²) in [7, 11) is 1.84. The molecule has 0 spiro atoms. The number of hydrogen-bond acceptors (Lipinski definition) is 3. The van der Waals surface area contributed by atoms with Gasteiger partial charge in [-0.25, -0.2) is 4.39 Å². The van der Waals surface area contributed by atoms with Gasteiger partial charge in [0.2, 0.25) is 0 Å². The highest BCUT2D eigenvalue weighted by Crippen LogP contribution is 2.25. The van der Waals surface area contributed by atoms with Crippen LogP contribution in [0.4, 0.5) is 4.39 Å². The van der Waals surface area contributed by atoms with Gasteiger partial charge >= 0.3 is 0 Å². The molecule has 0 aliphatic rings. The molecule has 0 bridgehead atoms. The van der Waals surface area contributed by atoms with E-state index in [4.69, 9.17) is 16.3 Å². The van der Waals surface area contributed by atoms with Crippen molar-refractivity contribution in [3.63, 3.8) is 0 Å². The van der Waals surface area contributed by atoms with Gasteiger partial charge in [-0.15, -0.1) is 0 Å². The first kappa shape index (κ1) is 12.8. The maximum Gasteiger partial charge on any atom is 0.145 e. The summed E-state index contributed by atoms with van der Waals surface area (Å²) in [5.74, 6) is 0.508. The second-order valence-electron chi connectivity index (χ2n) is 3.69. The summed E-state index contributed by atoms with van der Waals surface area (Å²) in [6, 6.07) is 7.83. The van der Waals surface area contributed by atoms with Crippen molar-refractivity contribution in [1.82, 2.24) is 10.3 Å². The van der Waals surface area contributed by atoms with Gasteiger partial charge in [0.1, 0.15) is 17.3 Å². The van der Waals surface area contributed by atoms with E-state index in [9.17, 15) is 4.39 Å². The van der Waals surface area contributed by atoms with Crippen molar-refractivity contribution >= 4 is 11.6 Å². The van der Waals surface area contributed by atoms with Crippen LogP contribution in [0.2, 0.25) is 5.02 Å². The molecule has 1 aromatic heterocycles. The summed E-state index contributed by atoms with van der Waals surface area (Å²) in [5.41, 5.74) is 0.851. The molecule has 0 saturated heterocycles. The fourth-order valence-corrected chi connectivity index (χ4v) is 1.59. The van der Waals surface area contributed by atoms with Crippen LogP contribution < -0.4 is 10.1 Å². The zero-order valence-corrected chi connectivity index (χ0v) is 10.5. The topological polar surface area (TPSA) is 34.1 Å². The fraction of sp³-hybridized carbons (Fsp3) is 0.154. The average molecular weight is 267 g/mol. The molecule has 3 nitrogen and oxygen atoms in total. The van der Waals surface area contributed by atoms with Gasteiger partial charge in [-0.05, 0) is 25.2 Å². The molecule has 0 atom stereocenters. The molecular weight excluding hydrogens is 255 g/mol. The van der Waals surface area contributed by atoms with Crippen LogP contribution in [0.5, 0.6) is 11.5 Å². The average Bonchev–Trinajstić information content (AvgIpc) is 2.35. The number of nitrogens with one attached hydrogen (secondary N) is 1. The summed E-state index contributed by atoms with van der Waals surface area (Å²) in [6.45, 7) is 0.645. The van der Waals surface area contributed by atoms with Gasteiger partial charge in [-0.3, -0.25) is 4.98 Å². The highest BCUT2D eigenvalue weighted by atomic mass is 35.5. The van der Waals surface area contributed by atoms with Gasteiger partial charge in [0.25, 0.3) is 0 Å². The smallest absolute Gasteiger partial charge is 0.145 e. The third-order valence-corrected chi connectivity index (χ3v) is 2.58. The monoisotopic (exact) mass is 266 g/mol. The van der Waals surface area contributed by atoms with Crippen LogP contribution >= 0.6 is 11.6 Å². The summed E-state index contributed by atoms with van der Waals surface area (Å²) in [6.07, 6.45) is 1.65. The number of nitrogens with zero attached hydrogens (tertiary/aromatic N) is 1. The molecule has 0 aliphatic carbocycles. The van der Waals surface area contributed by atoms with Gasteiger partial charge in [0, 0.05) is 24.9 Å². The summed E-state index contributed by atoms with van der Waals surface area (Å²) in [4.78, 5) is 4.16. The number of benzene rings is 1. The zero-order valence-electron chi connectivity index (χ0n) is 9.78. The largest absolute Gasteiger partial charge is 0.457 e. The Morgan fingerprint density at radius 3 is 2.78 bits per heavy atom. The molecule has 18 heavy (non-hydrogen) atoms. The van der Waals surface area contributed by atoms with Crippen molar-refractivity contribution < 1.29 is 9.13 Å². The molecular formula is C13H12ClFN2O. The zero-order chi connectivity index (χ0) is 13.0. The number of halogens is 2. The van der Waals surface area contributed by atoms with Crippen molar-refractivity contribution in [3.8, 4) is 11.5 Å². The van der Waals surface area contributed by atoms with E-state index in [1.807, 2.05) is 7.05 Å². The highest BCUT2D eigenvalue weighted by molar-refractivity contribution is 6.30. The van der Waals surface area contributed by atoms with E-state index in [1.54, 1.807) is 24.4 Å². The van der Waals surface area contributed by atoms with Crippen molar-refractivity contribution in [2.45, 2.75) is 6.54 Å². The van der Waals surface area contributed by atoms with Gasteiger partial charge in [0.05, 0.1) is 10.7 Å². The van der Waals surface area contributed by atoms with E-state index in [2.05, 4.69) is 10.3 Å². The predicted octanol–water partition coefficient (Wildman–Crippen LogP) is 3.39. The molecule has 0 amide bonds. The Morgan fingerprint density at radius 1 is 1.28 bits per heavy atom. The summed E-state index contributed by atoms with van der Waals surface area (Å²) >= 11 is 5.60. The van der Waals surface area contributed by atoms with Gasteiger partial charge in [-0.2, -0.15) is 0 Å². The standard InChI is InChI=1S/C13H12ClFN2O/c1-16-8-9-6-11(4-5-17-9)18-10-2-3-12(14)13(15)7-10/h2-7,16H,8H2,1H3. The minimum absolute atomic E-state index is 0.0768. The normalized spacial score (nSPS) is 10.4. The molecule has 0 radical (unpaired) electrons. The molecule has 94 valence electrons. The maximum absolute atomic E-state index is 13.2. The minimum Gasteiger partial charge on any atom is -0.457 e. The van der Waals surface area contributed by atoms with Crippen LogP contribution in [0.15, 0.2) is 36.5 Å². The second-order valence-corrected chi connectivity index (χ2v) is 4.10. The Balaban J connectivity index is 2.17. The van der Waals surface area contributed by atoms with Crippen LogP contribution in [0, 0.1) is 5.82 Å². The predicted molar refractivity (Wildman–Crippen MR) is 68.5 cm³/mol.